The van der Waals surface area contributed by atoms with E-state index in [1.165, 1.54) is 0 Å². The molecule has 0 aliphatic carbocycles. The van der Waals surface area contributed by atoms with Gasteiger partial charge in [0.1, 0.15) is 5.92 Å². The highest BCUT2D eigenvalue weighted by atomic mass is 35.5. The molecular formula is C12H15ClN2O2. The lowest BCUT2D eigenvalue weighted by atomic mass is 9.96. The molecule has 0 radical (unpaired) electrons. The van der Waals surface area contributed by atoms with E-state index < -0.39 is 11.8 Å². The fourth-order valence-corrected chi connectivity index (χ4v) is 2.00. The summed E-state index contributed by atoms with van der Waals surface area (Å²) in [5, 5.41) is 0. The number of hydrogen-bond donors (Lipinski definition) is 1. The molecule has 2 amide bonds. The zero-order valence-electron chi connectivity index (χ0n) is 9.33. The van der Waals surface area contributed by atoms with E-state index in [1.54, 1.807) is 4.90 Å². The van der Waals surface area contributed by atoms with E-state index in [-0.39, 0.29) is 18.3 Å². The van der Waals surface area contributed by atoms with Gasteiger partial charge in [0.15, 0.2) is 0 Å². The molecule has 1 aliphatic heterocycles. The summed E-state index contributed by atoms with van der Waals surface area (Å²) in [5.41, 5.74) is 6.04. The summed E-state index contributed by atoms with van der Waals surface area (Å²) in [7, 11) is 0. The van der Waals surface area contributed by atoms with Crippen molar-refractivity contribution in [1.29, 1.82) is 0 Å². The van der Waals surface area contributed by atoms with Crippen molar-refractivity contribution in [2.75, 3.05) is 11.4 Å². The summed E-state index contributed by atoms with van der Waals surface area (Å²) in [6, 6.07) is 9.36. The highest BCUT2D eigenvalue weighted by molar-refractivity contribution is 6.07. The normalized spacial score (nSPS) is 19.6. The molecule has 1 aliphatic rings. The summed E-state index contributed by atoms with van der Waals surface area (Å²) in [4.78, 5) is 24.7. The summed E-state index contributed by atoms with van der Waals surface area (Å²) >= 11 is 0. The number of nitrogens with zero attached hydrogens (tertiary/aromatic N) is 1. The molecule has 17 heavy (non-hydrogen) atoms. The predicted molar refractivity (Wildman–Crippen MR) is 68.0 cm³/mol. The number of anilines is 1. The first-order chi connectivity index (χ1) is 7.70. The average Bonchev–Trinajstić information content (AvgIpc) is 2.30. The number of benzene rings is 1. The van der Waals surface area contributed by atoms with E-state index in [0.717, 1.165) is 12.1 Å². The second kappa shape index (κ2) is 5.68. The zero-order valence-corrected chi connectivity index (χ0v) is 10.2. The highest BCUT2D eigenvalue weighted by Gasteiger charge is 2.33. The van der Waals surface area contributed by atoms with Crippen LogP contribution in [0.15, 0.2) is 30.3 Å². The van der Waals surface area contributed by atoms with Gasteiger partial charge in [-0.2, -0.15) is 0 Å². The topological polar surface area (TPSA) is 63.4 Å². The lowest BCUT2D eigenvalue weighted by Gasteiger charge is -2.30. The number of halogens is 1. The fourth-order valence-electron chi connectivity index (χ4n) is 2.00. The van der Waals surface area contributed by atoms with Crippen LogP contribution in [-0.4, -0.2) is 18.4 Å². The maximum atomic E-state index is 12.0. The molecule has 2 rings (SSSR count). The van der Waals surface area contributed by atoms with Gasteiger partial charge in [0.25, 0.3) is 0 Å². The van der Waals surface area contributed by atoms with Crippen LogP contribution in [0.5, 0.6) is 0 Å². The molecule has 2 N–H and O–H groups in total. The summed E-state index contributed by atoms with van der Waals surface area (Å²) in [6.45, 7) is 0.659. The van der Waals surface area contributed by atoms with Gasteiger partial charge >= 0.3 is 0 Å². The third-order valence-electron chi connectivity index (χ3n) is 2.85. The van der Waals surface area contributed by atoms with Crippen molar-refractivity contribution in [3.63, 3.8) is 0 Å². The third kappa shape index (κ3) is 2.77. The molecule has 0 spiro atoms. The van der Waals surface area contributed by atoms with Crippen LogP contribution < -0.4 is 10.6 Å². The van der Waals surface area contributed by atoms with E-state index >= 15 is 0 Å². The monoisotopic (exact) mass is 254 g/mol. The number of hydrogen-bond acceptors (Lipinski definition) is 2. The first-order valence-corrected chi connectivity index (χ1v) is 5.36. The molecule has 0 saturated carbocycles. The molecule has 1 heterocycles. The van der Waals surface area contributed by atoms with Crippen molar-refractivity contribution in [3.8, 4) is 0 Å². The largest absolute Gasteiger partial charge is 0.369 e. The van der Waals surface area contributed by atoms with Crippen molar-refractivity contribution in [2.24, 2.45) is 11.7 Å². The van der Waals surface area contributed by atoms with Gasteiger partial charge in [0, 0.05) is 12.2 Å². The Morgan fingerprint density at radius 1 is 1.29 bits per heavy atom. The Labute approximate surface area is 106 Å². The highest BCUT2D eigenvalue weighted by Crippen LogP contribution is 2.23. The molecule has 0 aromatic heterocycles. The van der Waals surface area contributed by atoms with Crippen LogP contribution in [0, 0.1) is 5.92 Å². The van der Waals surface area contributed by atoms with E-state index in [2.05, 4.69) is 0 Å². The van der Waals surface area contributed by atoms with Crippen molar-refractivity contribution in [3.05, 3.63) is 30.3 Å². The minimum Gasteiger partial charge on any atom is -0.369 e. The Bertz CT molecular complexity index is 408. The minimum absolute atomic E-state index is 0. The van der Waals surface area contributed by atoms with Crippen LogP contribution in [0.3, 0.4) is 0 Å². The number of rotatable bonds is 2. The number of para-hydroxylation sites is 1. The quantitative estimate of drug-likeness (QED) is 0.810. The van der Waals surface area contributed by atoms with Crippen LogP contribution in [0.1, 0.15) is 12.8 Å². The van der Waals surface area contributed by atoms with Gasteiger partial charge in [-0.25, -0.2) is 0 Å². The summed E-state index contributed by atoms with van der Waals surface area (Å²) < 4.78 is 0. The average molecular weight is 255 g/mol. The lowest BCUT2D eigenvalue weighted by molar-refractivity contribution is -0.133. The maximum absolute atomic E-state index is 12.0. The van der Waals surface area contributed by atoms with Crippen LogP contribution in [0.25, 0.3) is 0 Å². The Morgan fingerprint density at radius 2 is 1.94 bits per heavy atom. The number of amides is 2. The van der Waals surface area contributed by atoms with E-state index in [0.29, 0.717) is 13.0 Å². The van der Waals surface area contributed by atoms with Crippen molar-refractivity contribution >= 4 is 29.9 Å². The first-order valence-electron chi connectivity index (χ1n) is 5.36. The number of carbonyl (C=O) groups is 2. The molecule has 1 unspecified atom stereocenters. The van der Waals surface area contributed by atoms with Gasteiger partial charge in [-0.1, -0.05) is 18.2 Å². The van der Waals surface area contributed by atoms with E-state index in [9.17, 15) is 9.59 Å². The summed E-state index contributed by atoms with van der Waals surface area (Å²) in [6.07, 6.45) is 1.38. The Hall–Kier alpha value is -1.55. The molecular weight excluding hydrogens is 240 g/mol. The van der Waals surface area contributed by atoms with E-state index in [4.69, 9.17) is 5.73 Å². The minimum atomic E-state index is -0.658. The first kappa shape index (κ1) is 13.5. The van der Waals surface area contributed by atoms with Gasteiger partial charge in [-0.3, -0.25) is 9.59 Å². The van der Waals surface area contributed by atoms with E-state index in [1.807, 2.05) is 30.3 Å². The second-order valence-electron chi connectivity index (χ2n) is 3.92. The molecule has 4 nitrogen and oxygen atoms in total. The van der Waals surface area contributed by atoms with Gasteiger partial charge in [-0.05, 0) is 25.0 Å². The van der Waals surface area contributed by atoms with Crippen molar-refractivity contribution < 1.29 is 9.59 Å². The Morgan fingerprint density at radius 3 is 2.53 bits per heavy atom. The van der Waals surface area contributed by atoms with Crippen LogP contribution in [-0.2, 0) is 9.59 Å². The standard InChI is InChI=1S/C12H14N2O2.ClH/c13-11(15)10-7-4-8-14(12(10)16)9-5-2-1-3-6-9;/h1-3,5-6,10H,4,7-8H2,(H2,13,15);1H. The van der Waals surface area contributed by atoms with Gasteiger partial charge in [0.05, 0.1) is 0 Å². The van der Waals surface area contributed by atoms with Gasteiger partial charge in [0.2, 0.25) is 11.8 Å². The molecule has 1 aromatic rings. The molecule has 1 atom stereocenters. The van der Waals surface area contributed by atoms with Crippen molar-refractivity contribution in [1.82, 2.24) is 0 Å². The smallest absolute Gasteiger partial charge is 0.239 e. The molecule has 1 fully saturated rings. The van der Waals surface area contributed by atoms with Gasteiger partial charge < -0.3 is 10.6 Å². The molecule has 92 valence electrons. The Balaban J connectivity index is 0.00000144. The molecule has 0 bridgehead atoms. The second-order valence-corrected chi connectivity index (χ2v) is 3.92. The molecule has 5 heteroatoms. The Kier molecular flexibility index (Phi) is 4.52. The van der Waals surface area contributed by atoms with Crippen LogP contribution in [0.2, 0.25) is 0 Å². The molecule has 1 saturated heterocycles. The number of carbonyl (C=O) groups excluding carboxylic acids is 2. The third-order valence-corrected chi connectivity index (χ3v) is 2.85. The fraction of sp³-hybridized carbons (Fsp3) is 0.333. The molecule has 1 aromatic carbocycles. The number of primary amides is 1. The number of nitrogens with two attached hydrogens (primary N) is 1. The number of piperidine rings is 1. The maximum Gasteiger partial charge on any atom is 0.239 e. The zero-order chi connectivity index (χ0) is 11.5. The lowest BCUT2D eigenvalue weighted by Crippen LogP contribution is -2.46. The van der Waals surface area contributed by atoms with Crippen LogP contribution >= 0.6 is 12.4 Å². The van der Waals surface area contributed by atoms with Crippen LogP contribution in [0.4, 0.5) is 5.69 Å². The van der Waals surface area contributed by atoms with Gasteiger partial charge in [-0.15, -0.1) is 12.4 Å². The summed E-state index contributed by atoms with van der Waals surface area (Å²) in [5.74, 6) is -1.36. The van der Waals surface area contributed by atoms with Crippen molar-refractivity contribution in [2.45, 2.75) is 12.8 Å². The predicted octanol–water partition coefficient (Wildman–Crippen LogP) is 1.34. The SMILES string of the molecule is Cl.NC(=O)C1CCCN(c2ccccc2)C1=O.